The SMILES string of the molecule is CNC(C)c1cccc(C(C)(F)F)c1. The Balaban J connectivity index is 3.01. The van der Waals surface area contributed by atoms with Crippen LogP contribution in [0, 0.1) is 0 Å². The summed E-state index contributed by atoms with van der Waals surface area (Å²) in [5.41, 5.74) is 0.948. The fraction of sp³-hybridized carbons (Fsp3) is 0.455. The topological polar surface area (TPSA) is 12.0 Å². The Morgan fingerprint density at radius 3 is 2.50 bits per heavy atom. The smallest absolute Gasteiger partial charge is 0.270 e. The maximum atomic E-state index is 13.0. The van der Waals surface area contributed by atoms with Crippen LogP contribution in [0.25, 0.3) is 0 Å². The van der Waals surface area contributed by atoms with Crippen LogP contribution >= 0.6 is 0 Å². The molecule has 0 bridgehead atoms. The third kappa shape index (κ3) is 2.51. The molecule has 1 aromatic rings. The second kappa shape index (κ2) is 4.05. The minimum Gasteiger partial charge on any atom is -0.313 e. The van der Waals surface area contributed by atoms with E-state index in [1.165, 1.54) is 6.07 Å². The monoisotopic (exact) mass is 199 g/mol. The van der Waals surface area contributed by atoms with E-state index in [9.17, 15) is 8.78 Å². The zero-order chi connectivity index (χ0) is 10.8. The summed E-state index contributed by atoms with van der Waals surface area (Å²) in [6.45, 7) is 2.85. The van der Waals surface area contributed by atoms with Gasteiger partial charge in [-0.25, -0.2) is 8.78 Å². The molecule has 1 nitrogen and oxygen atoms in total. The summed E-state index contributed by atoms with van der Waals surface area (Å²) in [5, 5.41) is 3.01. The maximum absolute atomic E-state index is 13.0. The van der Waals surface area contributed by atoms with E-state index in [4.69, 9.17) is 0 Å². The largest absolute Gasteiger partial charge is 0.313 e. The Labute approximate surface area is 83.1 Å². The molecule has 1 rings (SSSR count). The maximum Gasteiger partial charge on any atom is 0.270 e. The molecule has 0 saturated heterocycles. The lowest BCUT2D eigenvalue weighted by molar-refractivity contribution is 0.0174. The van der Waals surface area contributed by atoms with Crippen molar-refractivity contribution in [1.29, 1.82) is 0 Å². The summed E-state index contributed by atoms with van der Waals surface area (Å²) in [5.74, 6) is -2.76. The molecule has 0 aliphatic heterocycles. The Hall–Kier alpha value is -0.960. The Kier molecular flexibility index (Phi) is 3.21. The molecular formula is C11H15F2N. The molecule has 78 valence electrons. The Morgan fingerprint density at radius 1 is 1.36 bits per heavy atom. The lowest BCUT2D eigenvalue weighted by atomic mass is 10.0. The first-order valence-corrected chi connectivity index (χ1v) is 4.60. The normalized spacial score (nSPS) is 14.1. The van der Waals surface area contributed by atoms with E-state index >= 15 is 0 Å². The fourth-order valence-corrected chi connectivity index (χ4v) is 1.25. The van der Waals surface area contributed by atoms with E-state index in [1.54, 1.807) is 19.2 Å². The minimum absolute atomic E-state index is 0.0668. The van der Waals surface area contributed by atoms with E-state index in [1.807, 2.05) is 13.0 Å². The van der Waals surface area contributed by atoms with Crippen LogP contribution in [0.1, 0.15) is 31.0 Å². The van der Waals surface area contributed by atoms with Gasteiger partial charge in [-0.1, -0.05) is 18.2 Å². The second-order valence-electron chi connectivity index (χ2n) is 3.52. The summed E-state index contributed by atoms with van der Waals surface area (Å²) < 4.78 is 26.0. The van der Waals surface area contributed by atoms with Crippen molar-refractivity contribution < 1.29 is 8.78 Å². The van der Waals surface area contributed by atoms with Crippen LogP contribution in [-0.2, 0) is 5.92 Å². The van der Waals surface area contributed by atoms with Crippen molar-refractivity contribution in [3.8, 4) is 0 Å². The zero-order valence-corrected chi connectivity index (χ0v) is 8.64. The molecule has 0 spiro atoms. The fourth-order valence-electron chi connectivity index (χ4n) is 1.25. The predicted molar refractivity (Wildman–Crippen MR) is 53.5 cm³/mol. The first-order valence-electron chi connectivity index (χ1n) is 4.60. The molecule has 1 aromatic carbocycles. The second-order valence-corrected chi connectivity index (χ2v) is 3.52. The lowest BCUT2D eigenvalue weighted by Crippen LogP contribution is -2.14. The number of alkyl halides is 2. The van der Waals surface area contributed by atoms with Crippen LogP contribution in [0.3, 0.4) is 0 Å². The third-order valence-corrected chi connectivity index (χ3v) is 2.33. The highest BCUT2D eigenvalue weighted by atomic mass is 19.3. The van der Waals surface area contributed by atoms with Crippen molar-refractivity contribution in [2.45, 2.75) is 25.8 Å². The predicted octanol–water partition coefficient (Wildman–Crippen LogP) is 3.08. The molecule has 0 amide bonds. The number of halogens is 2. The van der Waals surface area contributed by atoms with Crippen LogP contribution in [0.5, 0.6) is 0 Å². The molecule has 0 aromatic heterocycles. The Bertz CT molecular complexity index is 304. The van der Waals surface area contributed by atoms with Crippen LogP contribution in [0.4, 0.5) is 8.78 Å². The molecule has 0 aliphatic carbocycles. The van der Waals surface area contributed by atoms with Gasteiger partial charge in [-0.3, -0.25) is 0 Å². The van der Waals surface area contributed by atoms with Gasteiger partial charge in [0.2, 0.25) is 0 Å². The number of rotatable bonds is 3. The van der Waals surface area contributed by atoms with E-state index in [2.05, 4.69) is 5.32 Å². The molecule has 1 N–H and O–H groups in total. The molecule has 0 radical (unpaired) electrons. The summed E-state index contributed by atoms with van der Waals surface area (Å²) >= 11 is 0. The van der Waals surface area contributed by atoms with Gasteiger partial charge in [-0.2, -0.15) is 0 Å². The molecule has 1 unspecified atom stereocenters. The van der Waals surface area contributed by atoms with Gasteiger partial charge in [0.15, 0.2) is 0 Å². The molecule has 1 atom stereocenters. The van der Waals surface area contributed by atoms with Crippen molar-refractivity contribution in [3.05, 3.63) is 35.4 Å². The number of hydrogen-bond acceptors (Lipinski definition) is 1. The van der Waals surface area contributed by atoms with E-state index in [-0.39, 0.29) is 11.6 Å². The average molecular weight is 199 g/mol. The molecule has 3 heteroatoms. The zero-order valence-electron chi connectivity index (χ0n) is 8.64. The highest BCUT2D eigenvalue weighted by Gasteiger charge is 2.24. The van der Waals surface area contributed by atoms with E-state index in [0.29, 0.717) is 0 Å². The lowest BCUT2D eigenvalue weighted by Gasteiger charge is -2.15. The van der Waals surface area contributed by atoms with Crippen molar-refractivity contribution in [2.75, 3.05) is 7.05 Å². The van der Waals surface area contributed by atoms with Crippen molar-refractivity contribution in [3.63, 3.8) is 0 Å². The quantitative estimate of drug-likeness (QED) is 0.788. The van der Waals surface area contributed by atoms with Crippen molar-refractivity contribution in [2.24, 2.45) is 0 Å². The van der Waals surface area contributed by atoms with Gasteiger partial charge in [0.25, 0.3) is 5.92 Å². The van der Waals surface area contributed by atoms with Crippen molar-refractivity contribution >= 4 is 0 Å². The van der Waals surface area contributed by atoms with Crippen molar-refractivity contribution in [1.82, 2.24) is 5.32 Å². The summed E-state index contributed by atoms with van der Waals surface area (Å²) in [7, 11) is 1.81. The van der Waals surface area contributed by atoms with Gasteiger partial charge in [-0.05, 0) is 25.6 Å². The summed E-state index contributed by atoms with van der Waals surface area (Å²) in [6, 6.07) is 6.59. The van der Waals surface area contributed by atoms with Gasteiger partial charge in [-0.15, -0.1) is 0 Å². The van der Waals surface area contributed by atoms with Crippen LogP contribution < -0.4 is 5.32 Å². The summed E-state index contributed by atoms with van der Waals surface area (Å²) in [4.78, 5) is 0. The van der Waals surface area contributed by atoms with Gasteiger partial charge in [0.05, 0.1) is 0 Å². The molecular weight excluding hydrogens is 184 g/mol. The minimum atomic E-state index is -2.76. The first-order chi connectivity index (χ1) is 6.45. The van der Waals surface area contributed by atoms with E-state index in [0.717, 1.165) is 12.5 Å². The van der Waals surface area contributed by atoms with Gasteiger partial charge < -0.3 is 5.32 Å². The third-order valence-electron chi connectivity index (χ3n) is 2.33. The molecule has 0 heterocycles. The average Bonchev–Trinajstić information content (AvgIpc) is 2.15. The van der Waals surface area contributed by atoms with Crippen LogP contribution in [0.15, 0.2) is 24.3 Å². The molecule has 0 aliphatic rings. The molecule has 0 fully saturated rings. The van der Waals surface area contributed by atoms with Gasteiger partial charge in [0.1, 0.15) is 0 Å². The summed E-state index contributed by atoms with van der Waals surface area (Å²) in [6.07, 6.45) is 0. The number of hydrogen-bond donors (Lipinski definition) is 1. The first kappa shape index (κ1) is 11.1. The van der Waals surface area contributed by atoms with Crippen LogP contribution in [-0.4, -0.2) is 7.05 Å². The molecule has 0 saturated carbocycles. The highest BCUT2D eigenvalue weighted by molar-refractivity contribution is 5.28. The standard InChI is InChI=1S/C11H15F2N/c1-8(14-3)9-5-4-6-10(7-9)11(2,12)13/h4-8,14H,1-3H3. The highest BCUT2D eigenvalue weighted by Crippen LogP contribution is 2.28. The number of nitrogens with one attached hydrogen (secondary N) is 1. The molecule has 14 heavy (non-hydrogen) atoms. The van der Waals surface area contributed by atoms with Gasteiger partial charge in [0, 0.05) is 18.5 Å². The van der Waals surface area contributed by atoms with E-state index < -0.39 is 5.92 Å². The number of benzene rings is 1. The van der Waals surface area contributed by atoms with Gasteiger partial charge >= 0.3 is 0 Å². The Morgan fingerprint density at radius 2 is 2.00 bits per heavy atom. The van der Waals surface area contributed by atoms with Crippen LogP contribution in [0.2, 0.25) is 0 Å².